The molecule has 0 saturated heterocycles. The Morgan fingerprint density at radius 3 is 2.39 bits per heavy atom. The quantitative estimate of drug-likeness (QED) is 0.843. The zero-order valence-corrected chi connectivity index (χ0v) is 13.3. The summed E-state index contributed by atoms with van der Waals surface area (Å²) in [7, 11) is 0. The summed E-state index contributed by atoms with van der Waals surface area (Å²) in [6.45, 7) is 3.98. The predicted octanol–water partition coefficient (Wildman–Crippen LogP) is 3.01. The number of nitrogens with one attached hydrogen (secondary N) is 1. The van der Waals surface area contributed by atoms with E-state index in [1.807, 2.05) is 38.1 Å². The number of hydrogen-bond acceptors (Lipinski definition) is 2. The highest BCUT2D eigenvalue weighted by Crippen LogP contribution is 2.63. The van der Waals surface area contributed by atoms with E-state index in [0.717, 1.165) is 23.2 Å². The second-order valence-corrected chi connectivity index (χ2v) is 7.23. The van der Waals surface area contributed by atoms with Gasteiger partial charge in [-0.3, -0.25) is 9.59 Å². The third-order valence-corrected chi connectivity index (χ3v) is 6.10. The largest absolute Gasteiger partial charge is 0.481 e. The van der Waals surface area contributed by atoms with Crippen LogP contribution in [0.25, 0.3) is 0 Å². The van der Waals surface area contributed by atoms with Crippen molar-refractivity contribution in [3.63, 3.8) is 0 Å². The molecule has 2 bridgehead atoms. The molecule has 4 aliphatic carbocycles. The number of carbonyl (C=O) groups excluding carboxylic acids is 1. The van der Waals surface area contributed by atoms with Crippen LogP contribution in [-0.4, -0.2) is 17.0 Å². The highest BCUT2D eigenvalue weighted by atomic mass is 16.4. The van der Waals surface area contributed by atoms with E-state index in [2.05, 4.69) is 11.4 Å². The standard InChI is InChI=1S/C19H21NO3/c1-9-4-3-5-15(10(9)2)20-18(21)16-11-6-7-12(14-8-13(11)14)17(16)19(22)23/h3-7,11-14,16-17H,8H2,1-2H3,(H,20,21)(H,22,23)/t11-,12-,13-,14-,16-,17+/m1/s1. The van der Waals surface area contributed by atoms with Crippen molar-refractivity contribution >= 4 is 17.6 Å². The maximum Gasteiger partial charge on any atom is 0.307 e. The third kappa shape index (κ3) is 2.12. The number of fused-ring (bicyclic) bond motifs is 1. The Morgan fingerprint density at radius 2 is 1.74 bits per heavy atom. The van der Waals surface area contributed by atoms with Crippen molar-refractivity contribution in [3.05, 3.63) is 41.5 Å². The smallest absolute Gasteiger partial charge is 0.307 e. The molecule has 4 heteroatoms. The lowest BCUT2D eigenvalue weighted by atomic mass is 9.62. The average molecular weight is 311 g/mol. The minimum atomic E-state index is -0.837. The average Bonchev–Trinajstić information content (AvgIpc) is 3.33. The van der Waals surface area contributed by atoms with Crippen molar-refractivity contribution in [2.45, 2.75) is 20.3 Å². The van der Waals surface area contributed by atoms with Crippen LogP contribution in [0.4, 0.5) is 5.69 Å². The van der Waals surface area contributed by atoms with Gasteiger partial charge in [-0.15, -0.1) is 0 Å². The fourth-order valence-electron chi connectivity index (χ4n) is 4.67. The number of aliphatic carboxylic acids is 1. The lowest BCUT2D eigenvalue weighted by molar-refractivity contribution is -0.152. The highest BCUT2D eigenvalue weighted by molar-refractivity contribution is 5.96. The summed E-state index contributed by atoms with van der Waals surface area (Å²) in [5.41, 5.74) is 2.94. The molecular weight excluding hydrogens is 290 g/mol. The summed E-state index contributed by atoms with van der Waals surface area (Å²) in [4.78, 5) is 24.7. The molecule has 5 rings (SSSR count). The van der Waals surface area contributed by atoms with Crippen molar-refractivity contribution in [2.24, 2.45) is 35.5 Å². The van der Waals surface area contributed by atoms with Crippen molar-refractivity contribution in [1.29, 1.82) is 0 Å². The van der Waals surface area contributed by atoms with E-state index < -0.39 is 17.8 Å². The third-order valence-electron chi connectivity index (χ3n) is 6.10. The Morgan fingerprint density at radius 1 is 1.09 bits per heavy atom. The molecule has 1 aromatic rings. The molecule has 2 saturated carbocycles. The van der Waals surface area contributed by atoms with Gasteiger partial charge in [-0.05, 0) is 61.1 Å². The fraction of sp³-hybridized carbons (Fsp3) is 0.474. The fourth-order valence-corrected chi connectivity index (χ4v) is 4.67. The van der Waals surface area contributed by atoms with Crippen LogP contribution in [0.5, 0.6) is 0 Å². The van der Waals surface area contributed by atoms with E-state index in [4.69, 9.17) is 0 Å². The molecule has 23 heavy (non-hydrogen) atoms. The molecule has 1 aromatic carbocycles. The van der Waals surface area contributed by atoms with Gasteiger partial charge < -0.3 is 10.4 Å². The molecule has 1 amide bonds. The molecule has 4 aliphatic rings. The molecule has 0 heterocycles. The molecule has 4 nitrogen and oxygen atoms in total. The van der Waals surface area contributed by atoms with Crippen LogP contribution in [0, 0.1) is 49.4 Å². The van der Waals surface area contributed by atoms with Gasteiger partial charge in [0.1, 0.15) is 0 Å². The van der Waals surface area contributed by atoms with Gasteiger partial charge in [-0.1, -0.05) is 24.3 Å². The topological polar surface area (TPSA) is 66.4 Å². The van der Waals surface area contributed by atoms with E-state index in [0.29, 0.717) is 11.8 Å². The maximum absolute atomic E-state index is 12.9. The first-order valence-electron chi connectivity index (χ1n) is 8.27. The van der Waals surface area contributed by atoms with Crippen LogP contribution in [-0.2, 0) is 9.59 Å². The Balaban J connectivity index is 1.63. The number of anilines is 1. The monoisotopic (exact) mass is 311 g/mol. The molecule has 0 aliphatic heterocycles. The van der Waals surface area contributed by atoms with Crippen LogP contribution in [0.1, 0.15) is 17.5 Å². The molecule has 0 unspecified atom stereocenters. The van der Waals surface area contributed by atoms with Gasteiger partial charge in [0.05, 0.1) is 11.8 Å². The predicted molar refractivity (Wildman–Crippen MR) is 86.9 cm³/mol. The van der Waals surface area contributed by atoms with Gasteiger partial charge in [0, 0.05) is 5.69 Å². The van der Waals surface area contributed by atoms with Crippen molar-refractivity contribution in [1.82, 2.24) is 0 Å². The van der Waals surface area contributed by atoms with Crippen LogP contribution >= 0.6 is 0 Å². The minimum Gasteiger partial charge on any atom is -0.481 e. The number of aryl methyl sites for hydroxylation is 1. The first-order chi connectivity index (χ1) is 11.0. The number of hydrogen-bond donors (Lipinski definition) is 2. The lowest BCUT2D eigenvalue weighted by Gasteiger charge is -2.41. The van der Waals surface area contributed by atoms with E-state index in [1.54, 1.807) is 0 Å². The van der Waals surface area contributed by atoms with E-state index in [1.165, 1.54) is 0 Å². The Labute approximate surface area is 135 Å². The number of rotatable bonds is 3. The summed E-state index contributed by atoms with van der Waals surface area (Å²) in [5.74, 6) is -0.921. The maximum atomic E-state index is 12.9. The zero-order chi connectivity index (χ0) is 16.3. The van der Waals surface area contributed by atoms with E-state index >= 15 is 0 Å². The highest BCUT2D eigenvalue weighted by Gasteiger charge is 2.62. The number of carboxylic acids is 1. The molecule has 0 aromatic heterocycles. The molecule has 0 radical (unpaired) electrons. The minimum absolute atomic E-state index is 0.0249. The Hall–Kier alpha value is -2.10. The van der Waals surface area contributed by atoms with Crippen molar-refractivity contribution < 1.29 is 14.7 Å². The molecular formula is C19H21NO3. The van der Waals surface area contributed by atoms with Crippen molar-refractivity contribution in [2.75, 3.05) is 5.32 Å². The summed E-state index contributed by atoms with van der Waals surface area (Å²) < 4.78 is 0. The Bertz CT molecular complexity index is 723. The number of allylic oxidation sites excluding steroid dienone is 2. The number of benzene rings is 1. The second-order valence-electron chi connectivity index (χ2n) is 7.23. The first kappa shape index (κ1) is 14.5. The summed E-state index contributed by atoms with van der Waals surface area (Å²) in [6, 6.07) is 5.80. The van der Waals surface area contributed by atoms with E-state index in [9.17, 15) is 14.7 Å². The summed E-state index contributed by atoms with van der Waals surface area (Å²) in [5, 5.41) is 12.7. The summed E-state index contributed by atoms with van der Waals surface area (Å²) >= 11 is 0. The molecule has 2 N–H and O–H groups in total. The second kappa shape index (κ2) is 4.95. The Kier molecular flexibility index (Phi) is 3.12. The number of carbonyl (C=O) groups is 2. The first-order valence-corrected chi connectivity index (χ1v) is 8.27. The van der Waals surface area contributed by atoms with Crippen LogP contribution < -0.4 is 5.32 Å². The summed E-state index contributed by atoms with van der Waals surface area (Å²) in [6.07, 6.45) is 5.20. The van der Waals surface area contributed by atoms with Gasteiger partial charge in [-0.2, -0.15) is 0 Å². The molecule has 2 fully saturated rings. The van der Waals surface area contributed by atoms with Crippen LogP contribution in [0.3, 0.4) is 0 Å². The number of carboxylic acid groups (broad SMARTS) is 1. The van der Waals surface area contributed by atoms with Gasteiger partial charge in [0.2, 0.25) is 5.91 Å². The molecule has 120 valence electrons. The number of amides is 1. The van der Waals surface area contributed by atoms with Gasteiger partial charge in [0.15, 0.2) is 0 Å². The van der Waals surface area contributed by atoms with Crippen LogP contribution in [0.15, 0.2) is 30.4 Å². The van der Waals surface area contributed by atoms with Crippen molar-refractivity contribution in [3.8, 4) is 0 Å². The van der Waals surface area contributed by atoms with Gasteiger partial charge >= 0.3 is 5.97 Å². The molecule has 6 atom stereocenters. The molecule has 0 spiro atoms. The zero-order valence-electron chi connectivity index (χ0n) is 13.3. The lowest BCUT2D eigenvalue weighted by Crippen LogP contribution is -2.48. The normalized spacial score (nSPS) is 36.4. The van der Waals surface area contributed by atoms with Crippen LogP contribution in [0.2, 0.25) is 0 Å². The van der Waals surface area contributed by atoms with E-state index in [-0.39, 0.29) is 17.7 Å². The van der Waals surface area contributed by atoms with Gasteiger partial charge in [0.25, 0.3) is 0 Å². The van der Waals surface area contributed by atoms with Gasteiger partial charge in [-0.25, -0.2) is 0 Å². The SMILES string of the molecule is Cc1cccc(NC(=O)[C@@H]2[C@@H]3C=C[C@H]([C@H]4C[C@H]34)[C@@H]2C(=O)O)c1C.